The van der Waals surface area contributed by atoms with Crippen LogP contribution < -0.4 is 10.2 Å². The molecular weight excluding hydrogens is 361 g/mol. The van der Waals surface area contributed by atoms with E-state index in [1.807, 2.05) is 24.1 Å². The molecule has 3 heterocycles. The van der Waals surface area contributed by atoms with Crippen molar-refractivity contribution in [3.63, 3.8) is 0 Å². The molecule has 142 valence electrons. The first-order valence-corrected chi connectivity index (χ1v) is 8.54. The molecule has 1 unspecified atom stereocenters. The average molecular weight is 390 g/mol. The molecule has 0 bridgehead atoms. The molecule has 0 aliphatic carbocycles. The predicted molar refractivity (Wildman–Crippen MR) is 106 cm³/mol. The third kappa shape index (κ3) is 5.20. The Morgan fingerprint density at radius 1 is 1.24 bits per heavy atom. The van der Waals surface area contributed by atoms with Gasteiger partial charge >= 0.3 is 0 Å². The fourth-order valence-electron chi connectivity index (χ4n) is 3.48. The lowest BCUT2D eigenvalue weighted by Crippen LogP contribution is -2.45. The Morgan fingerprint density at radius 3 is 2.64 bits per heavy atom. The van der Waals surface area contributed by atoms with Crippen LogP contribution in [-0.2, 0) is 0 Å². The number of carbonyl (C=O) groups is 1. The number of amides is 1. The molecule has 8 heteroatoms. The maximum atomic E-state index is 12.9. The number of likely N-dealkylation sites (N-methyl/N-ethyl adjacent to an activating group) is 2. The first-order valence-electron chi connectivity index (χ1n) is 8.54. The van der Waals surface area contributed by atoms with Crippen molar-refractivity contribution in [2.45, 2.75) is 18.9 Å². The summed E-state index contributed by atoms with van der Waals surface area (Å²) >= 11 is 0. The molecule has 0 radical (unpaired) electrons. The number of nitrogens with one attached hydrogen (secondary N) is 1. The highest BCUT2D eigenvalue weighted by Crippen LogP contribution is 2.21. The summed E-state index contributed by atoms with van der Waals surface area (Å²) in [6.45, 7) is 5.73. The number of rotatable bonds is 4. The van der Waals surface area contributed by atoms with Gasteiger partial charge < -0.3 is 20.0 Å². The SMILES string of the molecule is CNCC1CCCN1C(=O)c1ccnc(N2CCN(C)CC2)c1.Cl.Cl. The van der Waals surface area contributed by atoms with Crippen LogP contribution in [0.3, 0.4) is 0 Å². The van der Waals surface area contributed by atoms with Crippen molar-refractivity contribution in [1.82, 2.24) is 20.1 Å². The van der Waals surface area contributed by atoms with Crippen LogP contribution >= 0.6 is 24.8 Å². The van der Waals surface area contributed by atoms with Crippen molar-refractivity contribution in [2.24, 2.45) is 0 Å². The average Bonchev–Trinajstić information content (AvgIpc) is 3.03. The van der Waals surface area contributed by atoms with E-state index in [2.05, 4.69) is 27.1 Å². The van der Waals surface area contributed by atoms with Gasteiger partial charge in [0.15, 0.2) is 0 Å². The second-order valence-electron chi connectivity index (χ2n) is 6.55. The molecule has 1 N–H and O–H groups in total. The predicted octanol–water partition coefficient (Wildman–Crippen LogP) is 1.50. The number of piperazine rings is 1. The molecule has 1 aromatic rings. The van der Waals surface area contributed by atoms with E-state index < -0.39 is 0 Å². The molecule has 6 nitrogen and oxygen atoms in total. The monoisotopic (exact) mass is 389 g/mol. The highest BCUT2D eigenvalue weighted by molar-refractivity contribution is 5.95. The Bertz CT molecular complexity index is 552. The quantitative estimate of drug-likeness (QED) is 0.845. The van der Waals surface area contributed by atoms with Crippen LogP contribution in [0, 0.1) is 0 Å². The van der Waals surface area contributed by atoms with E-state index in [0.717, 1.165) is 63.5 Å². The molecule has 0 aromatic carbocycles. The molecule has 2 aliphatic heterocycles. The van der Waals surface area contributed by atoms with E-state index in [1.165, 1.54) is 0 Å². The Kier molecular flexibility index (Phi) is 8.93. The Hall–Kier alpha value is -1.08. The van der Waals surface area contributed by atoms with Crippen molar-refractivity contribution in [3.8, 4) is 0 Å². The van der Waals surface area contributed by atoms with Gasteiger partial charge in [0.2, 0.25) is 0 Å². The first kappa shape index (κ1) is 22.0. The van der Waals surface area contributed by atoms with Crippen molar-refractivity contribution in [3.05, 3.63) is 23.9 Å². The lowest BCUT2D eigenvalue weighted by molar-refractivity contribution is 0.0737. The minimum absolute atomic E-state index is 0. The molecule has 2 saturated heterocycles. The van der Waals surface area contributed by atoms with Gasteiger partial charge in [0, 0.05) is 57.1 Å². The van der Waals surface area contributed by atoms with E-state index in [0.29, 0.717) is 6.04 Å². The fourth-order valence-corrected chi connectivity index (χ4v) is 3.48. The highest BCUT2D eigenvalue weighted by atomic mass is 35.5. The Morgan fingerprint density at radius 2 is 1.96 bits per heavy atom. The van der Waals surface area contributed by atoms with Gasteiger partial charge in [-0.15, -0.1) is 24.8 Å². The van der Waals surface area contributed by atoms with Crippen LogP contribution in [0.4, 0.5) is 5.82 Å². The van der Waals surface area contributed by atoms with Gasteiger partial charge in [-0.2, -0.15) is 0 Å². The van der Waals surface area contributed by atoms with E-state index in [4.69, 9.17) is 0 Å². The zero-order chi connectivity index (χ0) is 16.2. The van der Waals surface area contributed by atoms with Crippen LogP contribution in [0.15, 0.2) is 18.3 Å². The van der Waals surface area contributed by atoms with Gasteiger partial charge in [-0.3, -0.25) is 4.79 Å². The van der Waals surface area contributed by atoms with Crippen LogP contribution in [0.2, 0.25) is 0 Å². The first-order chi connectivity index (χ1) is 11.2. The number of hydrogen-bond acceptors (Lipinski definition) is 5. The van der Waals surface area contributed by atoms with Gasteiger partial charge in [-0.05, 0) is 39.1 Å². The molecule has 25 heavy (non-hydrogen) atoms. The van der Waals surface area contributed by atoms with Crippen LogP contribution in [0.25, 0.3) is 0 Å². The standard InChI is InChI=1S/C17H27N5O.2ClH/c1-18-13-15-4-3-7-22(15)17(23)14-5-6-19-16(12-14)21-10-8-20(2)9-11-21;;/h5-6,12,15,18H,3-4,7-11,13H2,1-2H3;2*1H. The molecular formula is C17H29Cl2N5O. The van der Waals surface area contributed by atoms with Crippen LogP contribution in [0.1, 0.15) is 23.2 Å². The summed E-state index contributed by atoms with van der Waals surface area (Å²) in [6.07, 6.45) is 3.95. The third-order valence-electron chi connectivity index (χ3n) is 4.90. The Labute approximate surface area is 162 Å². The molecule has 0 spiro atoms. The largest absolute Gasteiger partial charge is 0.354 e. The summed E-state index contributed by atoms with van der Waals surface area (Å²) in [4.78, 5) is 23.9. The number of halogens is 2. The molecule has 1 aromatic heterocycles. The van der Waals surface area contributed by atoms with Gasteiger partial charge in [-0.1, -0.05) is 0 Å². The second kappa shape index (κ2) is 10.2. The van der Waals surface area contributed by atoms with Crippen molar-refractivity contribution >= 4 is 36.5 Å². The molecule has 1 amide bonds. The Balaban J connectivity index is 0.00000156. The van der Waals surface area contributed by atoms with Gasteiger partial charge in [0.25, 0.3) is 5.91 Å². The maximum absolute atomic E-state index is 12.9. The topological polar surface area (TPSA) is 51.7 Å². The van der Waals surface area contributed by atoms with E-state index >= 15 is 0 Å². The zero-order valence-corrected chi connectivity index (χ0v) is 16.6. The number of anilines is 1. The third-order valence-corrected chi connectivity index (χ3v) is 4.90. The highest BCUT2D eigenvalue weighted by Gasteiger charge is 2.29. The summed E-state index contributed by atoms with van der Waals surface area (Å²) in [5.74, 6) is 1.06. The number of likely N-dealkylation sites (tertiary alicyclic amines) is 1. The van der Waals surface area contributed by atoms with Gasteiger partial charge in [0.1, 0.15) is 5.82 Å². The van der Waals surface area contributed by atoms with Gasteiger partial charge in [0.05, 0.1) is 0 Å². The number of carbonyl (C=O) groups excluding carboxylic acids is 1. The van der Waals surface area contributed by atoms with E-state index in [9.17, 15) is 4.79 Å². The summed E-state index contributed by atoms with van der Waals surface area (Å²) in [5.41, 5.74) is 0.761. The van der Waals surface area contributed by atoms with Crippen LogP contribution in [-0.4, -0.2) is 80.1 Å². The second-order valence-corrected chi connectivity index (χ2v) is 6.55. The maximum Gasteiger partial charge on any atom is 0.254 e. The molecule has 2 fully saturated rings. The number of hydrogen-bond donors (Lipinski definition) is 1. The normalized spacial score (nSPS) is 20.8. The minimum atomic E-state index is 0. The van der Waals surface area contributed by atoms with Crippen molar-refractivity contribution in [1.29, 1.82) is 0 Å². The molecule has 0 saturated carbocycles. The lowest BCUT2D eigenvalue weighted by atomic mass is 10.2. The summed E-state index contributed by atoms with van der Waals surface area (Å²) in [7, 11) is 4.08. The molecule has 2 aliphatic rings. The number of aromatic nitrogens is 1. The summed E-state index contributed by atoms with van der Waals surface area (Å²) in [6, 6.07) is 4.12. The van der Waals surface area contributed by atoms with Gasteiger partial charge in [-0.25, -0.2) is 4.98 Å². The van der Waals surface area contributed by atoms with E-state index in [-0.39, 0.29) is 30.7 Å². The van der Waals surface area contributed by atoms with Crippen molar-refractivity contribution in [2.75, 3.05) is 58.3 Å². The lowest BCUT2D eigenvalue weighted by Gasteiger charge is -2.33. The summed E-state index contributed by atoms with van der Waals surface area (Å²) < 4.78 is 0. The zero-order valence-electron chi connectivity index (χ0n) is 15.0. The van der Waals surface area contributed by atoms with E-state index in [1.54, 1.807) is 6.20 Å². The fraction of sp³-hybridized carbons (Fsp3) is 0.647. The van der Waals surface area contributed by atoms with Crippen molar-refractivity contribution < 1.29 is 4.79 Å². The molecule has 3 rings (SSSR count). The number of nitrogens with zero attached hydrogens (tertiary/aromatic N) is 4. The smallest absolute Gasteiger partial charge is 0.254 e. The van der Waals surface area contributed by atoms with Crippen LogP contribution in [0.5, 0.6) is 0 Å². The summed E-state index contributed by atoms with van der Waals surface area (Å²) in [5, 5.41) is 3.19. The number of pyridine rings is 1. The minimum Gasteiger partial charge on any atom is -0.354 e. The molecule has 1 atom stereocenters.